The number of hydrogen-bond donors (Lipinski definition) is 1. The van der Waals surface area contributed by atoms with Gasteiger partial charge in [0, 0.05) is 27.7 Å². The lowest BCUT2D eigenvalue weighted by Gasteiger charge is -2.47. The van der Waals surface area contributed by atoms with Gasteiger partial charge >= 0.3 is 0 Å². The second kappa shape index (κ2) is 8.75. The highest BCUT2D eigenvalue weighted by molar-refractivity contribution is 5.94. The van der Waals surface area contributed by atoms with Crippen molar-refractivity contribution in [2.75, 3.05) is 6.61 Å². The predicted octanol–water partition coefficient (Wildman–Crippen LogP) is 6.79. The van der Waals surface area contributed by atoms with E-state index in [1.165, 1.54) is 17.8 Å². The Morgan fingerprint density at radius 2 is 1.69 bits per heavy atom. The molecule has 6 rings (SSSR count). The summed E-state index contributed by atoms with van der Waals surface area (Å²) in [5.74, 6) is 0.566. The average Bonchev–Trinajstić information content (AvgIpc) is 3.26. The van der Waals surface area contributed by atoms with E-state index in [4.69, 9.17) is 9.47 Å². The number of benzene rings is 3. The van der Waals surface area contributed by atoms with E-state index in [0.717, 1.165) is 46.3 Å². The van der Waals surface area contributed by atoms with Crippen molar-refractivity contribution in [2.24, 2.45) is 0 Å². The van der Waals surface area contributed by atoms with Crippen molar-refractivity contribution in [2.45, 2.75) is 63.3 Å². The number of nitrogens with zero attached hydrogens (tertiary/aromatic N) is 1. The minimum atomic E-state index is -0.486. The van der Waals surface area contributed by atoms with Gasteiger partial charge in [-0.3, -0.25) is 0 Å². The van der Waals surface area contributed by atoms with Gasteiger partial charge in [0.05, 0.1) is 23.8 Å². The largest absolute Gasteiger partial charge is 0.488 e. The van der Waals surface area contributed by atoms with Crippen LogP contribution in [0.4, 0.5) is 4.39 Å². The summed E-state index contributed by atoms with van der Waals surface area (Å²) in [6, 6.07) is 23.1. The third-order valence-electron chi connectivity index (χ3n) is 7.85. The molecule has 5 heteroatoms. The number of aliphatic hydroxyl groups excluding tert-OH is 1. The van der Waals surface area contributed by atoms with Gasteiger partial charge in [0.25, 0.3) is 0 Å². The van der Waals surface area contributed by atoms with Crippen LogP contribution in [0.25, 0.3) is 16.6 Å². The maximum Gasteiger partial charge on any atom is 0.129 e. The Bertz CT molecular complexity index is 1380. The molecule has 0 unspecified atom stereocenters. The van der Waals surface area contributed by atoms with Crippen molar-refractivity contribution in [1.29, 1.82) is 0 Å². The van der Waals surface area contributed by atoms with Crippen LogP contribution in [0.5, 0.6) is 5.75 Å². The molecule has 0 amide bonds. The summed E-state index contributed by atoms with van der Waals surface area (Å²) in [5.41, 5.74) is 4.63. The Labute approximate surface area is 211 Å². The van der Waals surface area contributed by atoms with Crippen LogP contribution < -0.4 is 4.74 Å². The molecule has 0 radical (unpaired) electrons. The number of hydrogen-bond acceptors (Lipinski definition) is 3. The molecule has 4 aromatic rings. The van der Waals surface area contributed by atoms with Gasteiger partial charge in [-0.05, 0) is 67.6 Å². The highest BCUT2D eigenvalue weighted by Gasteiger charge is 2.50. The number of aliphatic hydroxyl groups is 1. The van der Waals surface area contributed by atoms with E-state index in [2.05, 4.69) is 36.6 Å². The van der Waals surface area contributed by atoms with Gasteiger partial charge in [-0.1, -0.05) is 50.2 Å². The maximum atomic E-state index is 13.9. The summed E-state index contributed by atoms with van der Waals surface area (Å²) >= 11 is 0. The van der Waals surface area contributed by atoms with E-state index < -0.39 is 5.60 Å². The summed E-state index contributed by atoms with van der Waals surface area (Å²) < 4.78 is 29.4. The normalized spacial score (nSPS) is 23.1. The summed E-state index contributed by atoms with van der Waals surface area (Å²) in [6.45, 7) is 5.46. The molecule has 1 fully saturated rings. The van der Waals surface area contributed by atoms with Crippen molar-refractivity contribution in [1.82, 2.24) is 4.57 Å². The topological polar surface area (TPSA) is 43.6 Å². The van der Waals surface area contributed by atoms with Crippen molar-refractivity contribution < 1.29 is 19.0 Å². The Kier molecular flexibility index (Phi) is 5.66. The van der Waals surface area contributed by atoms with E-state index in [1.807, 2.05) is 42.5 Å². The molecule has 0 bridgehead atoms. The van der Waals surface area contributed by atoms with E-state index in [9.17, 15) is 9.50 Å². The minimum Gasteiger partial charge on any atom is -0.488 e. The fourth-order valence-corrected chi connectivity index (χ4v) is 6.03. The standard InChI is InChI=1S/C31H32FNO3/c1-30(2)20-36-31(17-15-24(34)16-18-31)28-27-25(33(29(28)30)23-13-11-22(32)12-14-23)9-6-10-26(27)35-19-21-7-4-3-5-8-21/h3-14,24,34H,15-20H2,1-2H3/t24-,31+. The molecular weight excluding hydrogens is 453 g/mol. The highest BCUT2D eigenvalue weighted by Crippen LogP contribution is 2.54. The Morgan fingerprint density at radius 3 is 2.42 bits per heavy atom. The average molecular weight is 486 g/mol. The zero-order valence-electron chi connectivity index (χ0n) is 20.8. The second-order valence-corrected chi connectivity index (χ2v) is 10.9. The molecule has 1 aliphatic heterocycles. The van der Waals surface area contributed by atoms with Gasteiger partial charge in [0.2, 0.25) is 0 Å². The maximum absolute atomic E-state index is 13.9. The van der Waals surface area contributed by atoms with Crippen molar-refractivity contribution in [3.63, 3.8) is 0 Å². The predicted molar refractivity (Wildman–Crippen MR) is 139 cm³/mol. The molecule has 3 aromatic carbocycles. The van der Waals surface area contributed by atoms with E-state index >= 15 is 0 Å². The van der Waals surface area contributed by atoms with Crippen LogP contribution in [0.2, 0.25) is 0 Å². The van der Waals surface area contributed by atoms with Crippen LogP contribution in [-0.2, 0) is 22.4 Å². The van der Waals surface area contributed by atoms with Crippen molar-refractivity contribution in [3.05, 3.63) is 95.4 Å². The molecule has 1 spiro atoms. The molecule has 186 valence electrons. The van der Waals surface area contributed by atoms with Crippen LogP contribution in [0.15, 0.2) is 72.8 Å². The number of rotatable bonds is 4. The fourth-order valence-electron chi connectivity index (χ4n) is 6.03. The van der Waals surface area contributed by atoms with Gasteiger partial charge in [0.15, 0.2) is 0 Å². The molecule has 0 saturated heterocycles. The molecule has 36 heavy (non-hydrogen) atoms. The summed E-state index contributed by atoms with van der Waals surface area (Å²) in [7, 11) is 0. The molecule has 1 aromatic heterocycles. The van der Waals surface area contributed by atoms with E-state index in [0.29, 0.717) is 26.1 Å². The zero-order valence-corrected chi connectivity index (χ0v) is 20.8. The molecule has 4 nitrogen and oxygen atoms in total. The molecule has 2 aliphatic rings. The van der Waals surface area contributed by atoms with Crippen LogP contribution in [-0.4, -0.2) is 22.4 Å². The van der Waals surface area contributed by atoms with Gasteiger partial charge in [-0.25, -0.2) is 4.39 Å². The summed E-state index contributed by atoms with van der Waals surface area (Å²) in [6.07, 6.45) is 2.63. The van der Waals surface area contributed by atoms with Crippen LogP contribution in [0.3, 0.4) is 0 Å². The first-order chi connectivity index (χ1) is 17.4. The smallest absolute Gasteiger partial charge is 0.129 e. The Hall–Kier alpha value is -3.15. The molecular formula is C31H32FNO3. The number of ether oxygens (including phenoxy) is 2. The lowest BCUT2D eigenvalue weighted by molar-refractivity contribution is -0.120. The van der Waals surface area contributed by atoms with Gasteiger partial charge < -0.3 is 19.1 Å². The molecule has 2 heterocycles. The molecule has 1 saturated carbocycles. The first-order valence-corrected chi connectivity index (χ1v) is 12.8. The third kappa shape index (κ3) is 3.82. The van der Waals surface area contributed by atoms with E-state index in [1.54, 1.807) is 0 Å². The molecule has 0 atom stereocenters. The van der Waals surface area contributed by atoms with E-state index in [-0.39, 0.29) is 17.3 Å². The third-order valence-corrected chi connectivity index (χ3v) is 7.85. The van der Waals surface area contributed by atoms with Crippen molar-refractivity contribution >= 4 is 10.9 Å². The quantitative estimate of drug-likeness (QED) is 0.346. The minimum absolute atomic E-state index is 0.253. The SMILES string of the molecule is CC1(C)CO[C@]2(CC[C@@H](O)CC2)c2c1n(-c1ccc(F)cc1)c1cccc(OCc3ccccc3)c12. The first-order valence-electron chi connectivity index (χ1n) is 12.8. The van der Waals surface area contributed by atoms with Crippen LogP contribution in [0, 0.1) is 5.82 Å². The second-order valence-electron chi connectivity index (χ2n) is 10.9. The number of halogens is 1. The lowest BCUT2D eigenvalue weighted by atomic mass is 9.71. The zero-order chi connectivity index (χ0) is 24.9. The monoisotopic (exact) mass is 485 g/mol. The van der Waals surface area contributed by atoms with Gasteiger partial charge in [0.1, 0.15) is 18.2 Å². The Morgan fingerprint density at radius 1 is 0.972 bits per heavy atom. The first kappa shape index (κ1) is 23.3. The summed E-state index contributed by atoms with van der Waals surface area (Å²) in [5, 5.41) is 11.4. The Balaban J connectivity index is 1.61. The summed E-state index contributed by atoms with van der Waals surface area (Å²) in [4.78, 5) is 0. The molecule has 1 N–H and O–H groups in total. The van der Waals surface area contributed by atoms with Crippen molar-refractivity contribution in [3.8, 4) is 11.4 Å². The highest BCUT2D eigenvalue weighted by atomic mass is 19.1. The fraction of sp³-hybridized carbons (Fsp3) is 0.355. The number of aromatic nitrogens is 1. The van der Waals surface area contributed by atoms with Crippen LogP contribution >= 0.6 is 0 Å². The van der Waals surface area contributed by atoms with Crippen LogP contribution in [0.1, 0.15) is 56.4 Å². The number of fused-ring (bicyclic) bond motifs is 4. The lowest BCUT2D eigenvalue weighted by Crippen LogP contribution is -2.46. The molecule has 1 aliphatic carbocycles. The van der Waals surface area contributed by atoms with Gasteiger partial charge in [-0.15, -0.1) is 0 Å². The van der Waals surface area contributed by atoms with Gasteiger partial charge in [-0.2, -0.15) is 0 Å².